The SMILES string of the molecule is CC(C)CC(=O)OCc1cc([C@H]2CCC3[C@@H]4CCC5C[C@@H](C)CC[C@]5(C)C4CC[C@@]32C)no1. The van der Waals surface area contributed by atoms with Crippen LogP contribution in [0, 0.1) is 46.3 Å². The summed E-state index contributed by atoms with van der Waals surface area (Å²) in [5.41, 5.74) is 2.00. The van der Waals surface area contributed by atoms with Crippen molar-refractivity contribution in [3.63, 3.8) is 0 Å². The highest BCUT2D eigenvalue weighted by Crippen LogP contribution is 2.69. The molecule has 3 unspecified atom stereocenters. The van der Waals surface area contributed by atoms with Crippen LogP contribution in [0.15, 0.2) is 10.6 Å². The van der Waals surface area contributed by atoms with Crippen LogP contribution in [0.2, 0.25) is 0 Å². The second-order valence-electron chi connectivity index (χ2n) is 13.2. The fourth-order valence-electron chi connectivity index (χ4n) is 9.06. The van der Waals surface area contributed by atoms with Gasteiger partial charge in [-0.05, 0) is 97.7 Å². The Morgan fingerprint density at radius 3 is 2.64 bits per heavy atom. The van der Waals surface area contributed by atoms with Gasteiger partial charge in [-0.1, -0.05) is 46.2 Å². The maximum absolute atomic E-state index is 11.9. The van der Waals surface area contributed by atoms with Crippen molar-refractivity contribution in [1.82, 2.24) is 5.16 Å². The van der Waals surface area contributed by atoms with E-state index < -0.39 is 0 Å². The summed E-state index contributed by atoms with van der Waals surface area (Å²) in [6.45, 7) is 12.0. The number of carbonyl (C=O) groups excluding carboxylic acids is 1. The highest BCUT2D eigenvalue weighted by Gasteiger charge is 2.60. The first-order valence-electron chi connectivity index (χ1n) is 13.8. The van der Waals surface area contributed by atoms with E-state index in [0.29, 0.717) is 34.8 Å². The van der Waals surface area contributed by atoms with Gasteiger partial charge in [-0.3, -0.25) is 4.79 Å². The van der Waals surface area contributed by atoms with Crippen molar-refractivity contribution in [3.8, 4) is 0 Å². The number of fused-ring (bicyclic) bond motifs is 5. The Kier molecular flexibility index (Phi) is 6.19. The van der Waals surface area contributed by atoms with Crippen molar-refractivity contribution in [3.05, 3.63) is 17.5 Å². The molecule has 5 rings (SSSR count). The highest BCUT2D eigenvalue weighted by molar-refractivity contribution is 5.69. The van der Waals surface area contributed by atoms with Gasteiger partial charge in [0.05, 0.1) is 5.69 Å². The zero-order valence-electron chi connectivity index (χ0n) is 21.6. The molecule has 33 heavy (non-hydrogen) atoms. The predicted molar refractivity (Wildman–Crippen MR) is 129 cm³/mol. The van der Waals surface area contributed by atoms with Gasteiger partial charge in [0.1, 0.15) is 0 Å². The van der Waals surface area contributed by atoms with Gasteiger partial charge >= 0.3 is 5.97 Å². The minimum Gasteiger partial charge on any atom is -0.457 e. The van der Waals surface area contributed by atoms with Gasteiger partial charge in [0.25, 0.3) is 0 Å². The van der Waals surface area contributed by atoms with Gasteiger partial charge < -0.3 is 9.26 Å². The lowest BCUT2D eigenvalue weighted by molar-refractivity contribution is -0.146. The second kappa shape index (κ2) is 8.72. The third-order valence-corrected chi connectivity index (χ3v) is 10.8. The largest absolute Gasteiger partial charge is 0.457 e. The molecule has 184 valence electrons. The number of rotatable bonds is 5. The number of aromatic nitrogens is 1. The molecule has 0 aromatic carbocycles. The van der Waals surface area contributed by atoms with E-state index in [1.165, 1.54) is 57.8 Å². The third-order valence-electron chi connectivity index (χ3n) is 10.8. The van der Waals surface area contributed by atoms with Crippen LogP contribution in [-0.2, 0) is 16.1 Å². The van der Waals surface area contributed by atoms with E-state index in [4.69, 9.17) is 9.26 Å². The van der Waals surface area contributed by atoms with Crippen molar-refractivity contribution in [2.75, 3.05) is 0 Å². The first-order valence-corrected chi connectivity index (χ1v) is 13.8. The quantitative estimate of drug-likeness (QED) is 0.431. The summed E-state index contributed by atoms with van der Waals surface area (Å²) in [4.78, 5) is 11.9. The maximum atomic E-state index is 11.9. The highest BCUT2D eigenvalue weighted by atomic mass is 16.5. The monoisotopic (exact) mass is 455 g/mol. The van der Waals surface area contributed by atoms with Crippen molar-refractivity contribution in [1.29, 1.82) is 0 Å². The van der Waals surface area contributed by atoms with Gasteiger partial charge in [-0.2, -0.15) is 0 Å². The number of carbonyl (C=O) groups is 1. The summed E-state index contributed by atoms with van der Waals surface area (Å²) in [6, 6.07) is 2.08. The van der Waals surface area contributed by atoms with Crippen LogP contribution in [-0.4, -0.2) is 11.1 Å². The zero-order chi connectivity index (χ0) is 23.4. The average Bonchev–Trinajstić information content (AvgIpc) is 3.36. The minimum atomic E-state index is -0.157. The molecule has 0 saturated heterocycles. The van der Waals surface area contributed by atoms with Crippen LogP contribution in [0.5, 0.6) is 0 Å². The van der Waals surface area contributed by atoms with Crippen LogP contribution < -0.4 is 0 Å². The lowest BCUT2D eigenvalue weighted by atomic mass is 9.44. The molecule has 0 amide bonds. The van der Waals surface area contributed by atoms with Gasteiger partial charge in [0.2, 0.25) is 0 Å². The number of nitrogens with zero attached hydrogens (tertiary/aromatic N) is 1. The maximum Gasteiger partial charge on any atom is 0.306 e. The Morgan fingerprint density at radius 1 is 1.09 bits per heavy atom. The molecule has 0 spiro atoms. The summed E-state index contributed by atoms with van der Waals surface area (Å²) in [7, 11) is 0. The van der Waals surface area contributed by atoms with Gasteiger partial charge in [0, 0.05) is 18.4 Å². The Morgan fingerprint density at radius 2 is 1.85 bits per heavy atom. The Bertz CT molecular complexity index is 861. The molecular weight excluding hydrogens is 410 g/mol. The van der Waals surface area contributed by atoms with Crippen molar-refractivity contribution >= 4 is 5.97 Å². The summed E-state index contributed by atoms with van der Waals surface area (Å²) in [5, 5.41) is 4.50. The normalized spacial score (nSPS) is 42.5. The molecule has 4 aliphatic rings. The number of ether oxygens (including phenoxy) is 1. The molecule has 4 heteroatoms. The van der Waals surface area contributed by atoms with Crippen molar-refractivity contribution in [2.24, 2.45) is 46.3 Å². The molecule has 1 aromatic heterocycles. The molecule has 0 bridgehead atoms. The topological polar surface area (TPSA) is 52.3 Å². The first kappa shape index (κ1) is 23.4. The Hall–Kier alpha value is -1.32. The van der Waals surface area contributed by atoms with Gasteiger partial charge in [0.15, 0.2) is 12.4 Å². The predicted octanol–water partition coefficient (Wildman–Crippen LogP) is 7.53. The molecule has 4 saturated carbocycles. The van der Waals surface area contributed by atoms with E-state index >= 15 is 0 Å². The molecule has 1 aromatic rings. The van der Waals surface area contributed by atoms with Crippen LogP contribution >= 0.6 is 0 Å². The van der Waals surface area contributed by atoms with E-state index in [1.54, 1.807) is 0 Å². The molecule has 0 aliphatic heterocycles. The average molecular weight is 456 g/mol. The van der Waals surface area contributed by atoms with Crippen LogP contribution in [0.4, 0.5) is 0 Å². The Balaban J connectivity index is 1.28. The molecule has 8 atom stereocenters. The lowest BCUT2D eigenvalue weighted by Crippen LogP contribution is -2.53. The second-order valence-corrected chi connectivity index (χ2v) is 13.2. The summed E-state index contributed by atoms with van der Waals surface area (Å²) < 4.78 is 11.0. The fraction of sp³-hybridized carbons (Fsp3) is 0.862. The summed E-state index contributed by atoms with van der Waals surface area (Å²) in [6.07, 6.45) is 13.0. The van der Waals surface area contributed by atoms with Crippen LogP contribution in [0.3, 0.4) is 0 Å². The minimum absolute atomic E-state index is 0.157. The lowest BCUT2D eigenvalue weighted by Gasteiger charge is -2.61. The van der Waals surface area contributed by atoms with E-state index in [9.17, 15) is 4.79 Å². The summed E-state index contributed by atoms with van der Waals surface area (Å²) in [5.74, 6) is 5.84. The molecule has 4 nitrogen and oxygen atoms in total. The van der Waals surface area contributed by atoms with Crippen LogP contribution in [0.1, 0.15) is 116 Å². The van der Waals surface area contributed by atoms with E-state index in [2.05, 4.69) is 32.0 Å². The number of hydrogen-bond donors (Lipinski definition) is 0. The number of hydrogen-bond acceptors (Lipinski definition) is 4. The molecule has 1 heterocycles. The number of esters is 1. The van der Waals surface area contributed by atoms with E-state index in [1.807, 2.05) is 13.8 Å². The van der Waals surface area contributed by atoms with Gasteiger partial charge in [-0.25, -0.2) is 0 Å². The van der Waals surface area contributed by atoms with E-state index in [-0.39, 0.29) is 12.6 Å². The fourth-order valence-corrected chi connectivity index (χ4v) is 9.06. The van der Waals surface area contributed by atoms with Crippen molar-refractivity contribution < 1.29 is 14.1 Å². The van der Waals surface area contributed by atoms with E-state index in [0.717, 1.165) is 35.3 Å². The standard InChI is InChI=1S/C29H45NO3/c1-18(2)14-27(31)32-17-21-16-26(30-33-21)25-9-8-23-22-7-6-20-15-19(3)10-12-28(20,4)24(22)11-13-29(23,25)5/h16,18-20,22-25H,6-15,17H2,1-5H3/t19-,20?,22-,23?,24?,25+,28-,29-/m0/s1. The molecule has 0 N–H and O–H groups in total. The van der Waals surface area contributed by atoms with Crippen molar-refractivity contribution in [2.45, 2.75) is 111 Å². The Labute approximate surface area is 200 Å². The zero-order valence-corrected chi connectivity index (χ0v) is 21.6. The smallest absolute Gasteiger partial charge is 0.306 e. The van der Waals surface area contributed by atoms with Crippen LogP contribution in [0.25, 0.3) is 0 Å². The molecule has 4 fully saturated rings. The molecular formula is C29H45NO3. The van der Waals surface area contributed by atoms with Gasteiger partial charge in [-0.15, -0.1) is 0 Å². The third kappa shape index (κ3) is 4.08. The summed E-state index contributed by atoms with van der Waals surface area (Å²) >= 11 is 0. The molecule has 4 aliphatic carbocycles. The first-order chi connectivity index (χ1) is 15.7. The molecule has 0 radical (unpaired) electrons.